The fraction of sp³-hybridized carbons (Fsp3) is 0.333. The lowest BCUT2D eigenvalue weighted by Gasteiger charge is -2.23. The zero-order chi connectivity index (χ0) is 13.0. The highest BCUT2D eigenvalue weighted by atomic mass is 32.2. The van der Waals surface area contributed by atoms with Crippen LogP contribution in [0.4, 0.5) is 5.69 Å². The molecule has 0 spiro atoms. The molecule has 0 radical (unpaired) electrons. The molecule has 18 heavy (non-hydrogen) atoms. The predicted molar refractivity (Wildman–Crippen MR) is 70.2 cm³/mol. The molecule has 96 valence electrons. The standard InChI is InChI=1S/C12H14N2O3S/c13-8-10(15)17-12(16)11-14(6-7-18-11)9-4-2-1-3-5-9/h1-5,11H,6-8,13H2. The van der Waals surface area contributed by atoms with Crippen LogP contribution in [0.2, 0.25) is 0 Å². The molecular formula is C12H14N2O3S. The van der Waals surface area contributed by atoms with Gasteiger partial charge in [0.15, 0.2) is 5.37 Å². The summed E-state index contributed by atoms with van der Waals surface area (Å²) in [5.41, 5.74) is 6.07. The molecule has 0 aliphatic carbocycles. The minimum atomic E-state index is -0.694. The molecule has 0 bridgehead atoms. The molecule has 1 aromatic rings. The first-order valence-electron chi connectivity index (χ1n) is 5.60. The number of hydrogen-bond donors (Lipinski definition) is 1. The number of carbonyl (C=O) groups excluding carboxylic acids is 2. The van der Waals surface area contributed by atoms with Crippen molar-refractivity contribution in [2.75, 3.05) is 23.7 Å². The third-order valence-electron chi connectivity index (χ3n) is 2.56. The van der Waals surface area contributed by atoms with Crippen molar-refractivity contribution < 1.29 is 14.3 Å². The van der Waals surface area contributed by atoms with Gasteiger partial charge in [-0.2, -0.15) is 0 Å². The maximum Gasteiger partial charge on any atom is 0.347 e. The number of benzene rings is 1. The van der Waals surface area contributed by atoms with Crippen LogP contribution >= 0.6 is 11.8 Å². The molecule has 2 rings (SSSR count). The van der Waals surface area contributed by atoms with E-state index in [0.717, 1.165) is 18.0 Å². The zero-order valence-electron chi connectivity index (χ0n) is 9.74. The first kappa shape index (κ1) is 12.9. The Balaban J connectivity index is 2.08. The second kappa shape index (κ2) is 5.88. The number of thioether (sulfide) groups is 1. The van der Waals surface area contributed by atoms with E-state index in [1.54, 1.807) is 0 Å². The highest BCUT2D eigenvalue weighted by molar-refractivity contribution is 8.01. The fourth-order valence-electron chi connectivity index (χ4n) is 1.75. The fourth-order valence-corrected chi connectivity index (χ4v) is 2.87. The summed E-state index contributed by atoms with van der Waals surface area (Å²) in [6.07, 6.45) is 0. The maximum absolute atomic E-state index is 11.8. The average Bonchev–Trinajstić information content (AvgIpc) is 2.88. The van der Waals surface area contributed by atoms with Gasteiger partial charge in [0.1, 0.15) is 0 Å². The van der Waals surface area contributed by atoms with E-state index in [2.05, 4.69) is 4.74 Å². The van der Waals surface area contributed by atoms with Crippen molar-refractivity contribution in [2.45, 2.75) is 5.37 Å². The van der Waals surface area contributed by atoms with Crippen molar-refractivity contribution in [2.24, 2.45) is 5.73 Å². The van der Waals surface area contributed by atoms with E-state index in [1.165, 1.54) is 11.8 Å². The van der Waals surface area contributed by atoms with Gasteiger partial charge in [-0.3, -0.25) is 4.79 Å². The Labute approximate surface area is 109 Å². The van der Waals surface area contributed by atoms with Gasteiger partial charge in [-0.15, -0.1) is 11.8 Å². The third-order valence-corrected chi connectivity index (χ3v) is 3.74. The molecule has 1 saturated heterocycles. The molecule has 6 heteroatoms. The highest BCUT2D eigenvalue weighted by Gasteiger charge is 2.33. The van der Waals surface area contributed by atoms with Crippen LogP contribution in [-0.2, 0) is 14.3 Å². The topological polar surface area (TPSA) is 72.6 Å². The number of anilines is 1. The number of hydrogen-bond acceptors (Lipinski definition) is 6. The lowest BCUT2D eigenvalue weighted by atomic mass is 10.3. The molecule has 0 saturated carbocycles. The summed E-state index contributed by atoms with van der Waals surface area (Å²) in [6, 6.07) is 9.59. The van der Waals surface area contributed by atoms with Crippen LogP contribution in [0.5, 0.6) is 0 Å². The van der Waals surface area contributed by atoms with E-state index >= 15 is 0 Å². The molecular weight excluding hydrogens is 252 g/mol. The second-order valence-electron chi connectivity index (χ2n) is 3.75. The number of rotatable bonds is 3. The van der Waals surface area contributed by atoms with Crippen LogP contribution in [0.25, 0.3) is 0 Å². The summed E-state index contributed by atoms with van der Waals surface area (Å²) in [6.45, 7) is 0.472. The first-order valence-corrected chi connectivity index (χ1v) is 6.65. The van der Waals surface area contributed by atoms with Gasteiger partial charge in [0, 0.05) is 18.0 Å². The Bertz CT molecular complexity index is 438. The highest BCUT2D eigenvalue weighted by Crippen LogP contribution is 2.30. The van der Waals surface area contributed by atoms with E-state index in [1.807, 2.05) is 35.2 Å². The molecule has 1 unspecified atom stereocenters. The van der Waals surface area contributed by atoms with Crippen LogP contribution in [0, 0.1) is 0 Å². The van der Waals surface area contributed by atoms with Crippen molar-refractivity contribution in [3.63, 3.8) is 0 Å². The summed E-state index contributed by atoms with van der Waals surface area (Å²) in [7, 11) is 0. The maximum atomic E-state index is 11.8. The second-order valence-corrected chi connectivity index (χ2v) is 4.94. The van der Waals surface area contributed by atoms with Crippen LogP contribution in [0.3, 0.4) is 0 Å². The predicted octanol–water partition coefficient (Wildman–Crippen LogP) is 0.594. The number of nitrogens with zero attached hydrogens (tertiary/aromatic N) is 1. The van der Waals surface area contributed by atoms with Crippen molar-refractivity contribution in [3.8, 4) is 0 Å². The van der Waals surface area contributed by atoms with Gasteiger partial charge < -0.3 is 15.4 Å². The van der Waals surface area contributed by atoms with Crippen LogP contribution in [-0.4, -0.2) is 36.2 Å². The van der Waals surface area contributed by atoms with Crippen molar-refractivity contribution in [1.82, 2.24) is 0 Å². The minimum absolute atomic E-state index is 0.283. The summed E-state index contributed by atoms with van der Waals surface area (Å²) in [5, 5.41) is -0.470. The first-order chi connectivity index (χ1) is 8.72. The van der Waals surface area contributed by atoms with Crippen LogP contribution in [0.15, 0.2) is 30.3 Å². The Morgan fingerprint density at radius 1 is 1.39 bits per heavy atom. The minimum Gasteiger partial charge on any atom is -0.390 e. The quantitative estimate of drug-likeness (QED) is 0.638. The summed E-state index contributed by atoms with van der Waals surface area (Å²) >= 11 is 1.46. The lowest BCUT2D eigenvalue weighted by molar-refractivity contribution is -0.158. The third kappa shape index (κ3) is 2.83. The molecule has 1 heterocycles. The molecule has 5 nitrogen and oxygen atoms in total. The van der Waals surface area contributed by atoms with Gasteiger partial charge in [0.25, 0.3) is 0 Å². The number of para-hydroxylation sites is 1. The SMILES string of the molecule is NCC(=O)OC(=O)C1SCCN1c1ccccc1. The van der Waals surface area contributed by atoms with Gasteiger partial charge in [-0.1, -0.05) is 18.2 Å². The van der Waals surface area contributed by atoms with E-state index in [-0.39, 0.29) is 6.54 Å². The molecule has 0 amide bonds. The van der Waals surface area contributed by atoms with Gasteiger partial charge in [0.05, 0.1) is 6.54 Å². The molecule has 1 aliphatic heterocycles. The Morgan fingerprint density at radius 3 is 2.78 bits per heavy atom. The van der Waals surface area contributed by atoms with Crippen molar-refractivity contribution in [3.05, 3.63) is 30.3 Å². The smallest absolute Gasteiger partial charge is 0.347 e. The Morgan fingerprint density at radius 2 is 2.11 bits per heavy atom. The van der Waals surface area contributed by atoms with Gasteiger partial charge >= 0.3 is 11.9 Å². The van der Waals surface area contributed by atoms with E-state index in [4.69, 9.17) is 5.73 Å². The van der Waals surface area contributed by atoms with E-state index in [9.17, 15) is 9.59 Å². The average molecular weight is 266 g/mol. The molecule has 1 aromatic carbocycles. The van der Waals surface area contributed by atoms with Gasteiger partial charge in [-0.25, -0.2) is 4.79 Å². The van der Waals surface area contributed by atoms with Crippen molar-refractivity contribution >= 4 is 29.4 Å². The van der Waals surface area contributed by atoms with E-state index in [0.29, 0.717) is 0 Å². The van der Waals surface area contributed by atoms with Crippen LogP contribution < -0.4 is 10.6 Å². The monoisotopic (exact) mass is 266 g/mol. The van der Waals surface area contributed by atoms with Gasteiger partial charge in [0.2, 0.25) is 0 Å². The number of ether oxygens (including phenoxy) is 1. The van der Waals surface area contributed by atoms with E-state index < -0.39 is 17.3 Å². The summed E-state index contributed by atoms with van der Waals surface area (Å²) < 4.78 is 4.67. The van der Waals surface area contributed by atoms with Crippen LogP contribution in [0.1, 0.15) is 0 Å². The molecule has 1 atom stereocenters. The summed E-state index contributed by atoms with van der Waals surface area (Å²) in [5.74, 6) is -0.414. The Kier molecular flexibility index (Phi) is 4.22. The number of esters is 2. The van der Waals surface area contributed by atoms with Crippen molar-refractivity contribution in [1.29, 1.82) is 0 Å². The largest absolute Gasteiger partial charge is 0.390 e. The molecule has 1 fully saturated rings. The normalized spacial score (nSPS) is 18.7. The lowest BCUT2D eigenvalue weighted by Crippen LogP contribution is -2.37. The Hall–Kier alpha value is -1.53. The van der Waals surface area contributed by atoms with Gasteiger partial charge in [-0.05, 0) is 12.1 Å². The molecule has 2 N–H and O–H groups in total. The summed E-state index contributed by atoms with van der Waals surface area (Å²) in [4.78, 5) is 24.8. The molecule has 1 aliphatic rings. The zero-order valence-corrected chi connectivity index (χ0v) is 10.6. The number of nitrogens with two attached hydrogens (primary N) is 1. The molecule has 0 aromatic heterocycles. The number of carbonyl (C=O) groups is 2.